The number of nitrogens with zero attached hydrogens (tertiary/aromatic N) is 6. The molecule has 5 unspecified atom stereocenters. The van der Waals surface area contributed by atoms with E-state index in [1.54, 1.807) is 112 Å². The summed E-state index contributed by atoms with van der Waals surface area (Å²) in [6, 6.07) is 19.4. The lowest BCUT2D eigenvalue weighted by Gasteiger charge is -2.44. The van der Waals surface area contributed by atoms with Gasteiger partial charge in [-0.3, -0.25) is 43.4 Å². The van der Waals surface area contributed by atoms with Crippen molar-refractivity contribution in [3.63, 3.8) is 0 Å². The molecule has 0 aromatic heterocycles. The van der Waals surface area contributed by atoms with E-state index in [0.29, 0.717) is 17.7 Å². The van der Waals surface area contributed by atoms with Gasteiger partial charge in [-0.1, -0.05) is 99.6 Å². The Morgan fingerprint density at radius 3 is 1.74 bits per heavy atom. The van der Waals surface area contributed by atoms with E-state index < -0.39 is 129 Å². The number of rotatable bonds is 18. The first-order valence-electron chi connectivity index (χ1n) is 31.8. The molecule has 1 fully saturated rings. The topological polar surface area (TPSA) is 237 Å². The lowest BCUT2D eigenvalue weighted by atomic mass is 9.85. The van der Waals surface area contributed by atoms with Crippen LogP contribution in [0.25, 0.3) is 0 Å². The summed E-state index contributed by atoms with van der Waals surface area (Å²) < 4.78 is 26.1. The number of hydrogen-bond donors (Lipinski definition) is 3. The van der Waals surface area contributed by atoms with Gasteiger partial charge in [0.05, 0.1) is 11.8 Å². The fourth-order valence-electron chi connectivity index (χ4n) is 11.6. The molecule has 9 amide bonds. The molecule has 22 heteroatoms. The first-order chi connectivity index (χ1) is 43.4. The molecule has 0 radical (unpaired) electrons. The molecule has 4 aromatic rings. The summed E-state index contributed by atoms with van der Waals surface area (Å²) in [6.45, 7) is 23.8. The van der Waals surface area contributed by atoms with Gasteiger partial charge in [0, 0.05) is 62.1 Å². The third-order valence-electron chi connectivity index (χ3n) is 17.6. The van der Waals surface area contributed by atoms with Gasteiger partial charge in [0.1, 0.15) is 53.3 Å². The summed E-state index contributed by atoms with van der Waals surface area (Å²) in [5, 5.41) is 8.85. The Balaban J connectivity index is 1.17. The predicted molar refractivity (Wildman–Crippen MR) is 356 cm³/mol. The summed E-state index contributed by atoms with van der Waals surface area (Å²) in [5.74, 6) is -4.52. The van der Waals surface area contributed by atoms with Crippen LogP contribution in [0.4, 0.5) is 14.0 Å². The third kappa shape index (κ3) is 17.8. The maximum atomic E-state index is 16.0. The number of carbonyl (C=O) groups is 9. The van der Waals surface area contributed by atoms with Gasteiger partial charge in [-0.05, 0) is 160 Å². The normalized spacial score (nSPS) is 18.7. The Kier molecular flexibility index (Phi) is 22.9. The number of amides is 9. The molecule has 3 aliphatic rings. The van der Waals surface area contributed by atoms with Crippen LogP contribution in [0.15, 0.2) is 102 Å². The number of nitrogens with one attached hydrogen (secondary N) is 3. The van der Waals surface area contributed by atoms with Crippen molar-refractivity contribution in [3.8, 4) is 0 Å². The van der Waals surface area contributed by atoms with Crippen LogP contribution in [-0.4, -0.2) is 169 Å². The van der Waals surface area contributed by atoms with Crippen molar-refractivity contribution in [2.75, 3.05) is 26.9 Å². The molecule has 0 bridgehead atoms. The van der Waals surface area contributed by atoms with Gasteiger partial charge in [0.25, 0.3) is 11.8 Å². The number of hydrogen-bond acceptors (Lipinski definition) is 12. The maximum Gasteiger partial charge on any atom is 0.410 e. The monoisotopic (exact) mass is 1300 g/mol. The summed E-state index contributed by atoms with van der Waals surface area (Å²) in [4.78, 5) is 141. The molecule has 2 heterocycles. The largest absolute Gasteiger partial charge is 0.444 e. The van der Waals surface area contributed by atoms with Crippen LogP contribution in [-0.2, 0) is 64.2 Å². The minimum absolute atomic E-state index is 0.00194. The van der Waals surface area contributed by atoms with Crippen molar-refractivity contribution in [1.29, 1.82) is 0 Å². The average Bonchev–Trinajstić information content (AvgIpc) is 1.44. The van der Waals surface area contributed by atoms with Crippen LogP contribution < -0.4 is 16.0 Å². The lowest BCUT2D eigenvalue weighted by molar-refractivity contribution is -0.151. The molecule has 2 aliphatic heterocycles. The quantitative estimate of drug-likeness (QED) is 0.0844. The van der Waals surface area contributed by atoms with Crippen LogP contribution in [0.3, 0.4) is 0 Å². The van der Waals surface area contributed by atoms with Crippen LogP contribution >= 0.6 is 11.8 Å². The molecule has 0 saturated carbocycles. The molecular formula is C71H94FN9O11S. The van der Waals surface area contributed by atoms with Crippen molar-refractivity contribution in [1.82, 2.24) is 40.4 Å². The minimum Gasteiger partial charge on any atom is -0.444 e. The fourth-order valence-corrected chi connectivity index (χ4v) is 12.0. The third-order valence-corrected chi connectivity index (χ3v) is 18.9. The molecule has 0 spiro atoms. The fraction of sp³-hybridized carbons (Fsp3) is 0.521. The van der Waals surface area contributed by atoms with E-state index in [1.165, 1.54) is 60.5 Å². The van der Waals surface area contributed by atoms with E-state index in [-0.39, 0.29) is 43.6 Å². The van der Waals surface area contributed by atoms with Gasteiger partial charge < -0.3 is 40.1 Å². The van der Waals surface area contributed by atoms with E-state index in [2.05, 4.69) is 20.9 Å². The molecule has 93 heavy (non-hydrogen) atoms. The van der Waals surface area contributed by atoms with E-state index in [4.69, 9.17) is 9.47 Å². The number of benzene rings is 4. The molecule has 8 atom stereocenters. The summed E-state index contributed by atoms with van der Waals surface area (Å²) >= 11 is 1.34. The van der Waals surface area contributed by atoms with Crippen molar-refractivity contribution in [2.24, 2.45) is 10.4 Å². The highest BCUT2D eigenvalue weighted by molar-refractivity contribution is 8.00. The number of thioether (sulfide) groups is 1. The number of fused-ring (bicyclic) bond motifs is 2. The van der Waals surface area contributed by atoms with Crippen molar-refractivity contribution in [2.45, 2.75) is 206 Å². The van der Waals surface area contributed by atoms with Gasteiger partial charge in [0.2, 0.25) is 29.5 Å². The molecule has 502 valence electrons. The smallest absolute Gasteiger partial charge is 0.410 e. The zero-order valence-corrected chi connectivity index (χ0v) is 57.8. The average molecular weight is 1300 g/mol. The van der Waals surface area contributed by atoms with Crippen molar-refractivity contribution < 1.29 is 57.0 Å². The maximum absolute atomic E-state index is 16.0. The second-order valence-corrected chi connectivity index (χ2v) is 29.7. The summed E-state index contributed by atoms with van der Waals surface area (Å²) in [6.07, 6.45) is 2.58. The predicted octanol–water partition coefficient (Wildman–Crippen LogP) is 9.59. The molecule has 3 N–H and O–H groups in total. The molecule has 1 saturated heterocycles. The second-order valence-electron chi connectivity index (χ2n) is 28.2. The zero-order chi connectivity index (χ0) is 68.8. The van der Waals surface area contributed by atoms with Crippen LogP contribution in [0.2, 0.25) is 0 Å². The standard InChI is InChI=1S/C71H94FN9O11S/c1-42(51-29-22-23-31-53(51)72)79(63(86)56-37-48-26-18-19-27-49(48)40-80(56)65(88)58(71(13,14)93-17)76-60(83)44(3)78(16)67(90)92-70(10,11)12)39-45-33-35-47(36-34-45)61(84)73-50-38-55(62(85)74-54-32-24-28-46-25-20-21-30-52(46)54)81(41-50)64(87)57(68(4,5)6)75-59(82)43(2)77(15)66(89)91-69(7,8)9/h18-23,25-27,29-31,33-36,42-44,50,55-58H,24,28,32,37-41H2,1-17H3,(H,73,84)(H,75,82)(H,76,83)/t42-,43+,44+,50?,55?,56?,57?,58?/m1/s1. The number of ether oxygens (including phenoxy) is 2. The highest BCUT2D eigenvalue weighted by Crippen LogP contribution is 2.35. The summed E-state index contributed by atoms with van der Waals surface area (Å²) in [5.41, 5.74) is 2.56. The Morgan fingerprint density at radius 2 is 1.18 bits per heavy atom. The number of likely N-dealkylation sites (tertiary alicyclic amines) is 1. The van der Waals surface area contributed by atoms with Crippen LogP contribution in [0.5, 0.6) is 0 Å². The molecule has 1 aliphatic carbocycles. The highest BCUT2D eigenvalue weighted by atomic mass is 32.2. The van der Waals surface area contributed by atoms with Crippen LogP contribution in [0, 0.1) is 11.2 Å². The van der Waals surface area contributed by atoms with Crippen molar-refractivity contribution >= 4 is 71.0 Å². The lowest BCUT2D eigenvalue weighted by Crippen LogP contribution is -2.63. The summed E-state index contributed by atoms with van der Waals surface area (Å²) in [7, 11) is 2.87. The SMILES string of the molecule is CSC(C)(C)C(NC(=O)[C@H](C)N(C)C(=O)OC(C)(C)C)C(=O)N1Cc2ccccc2CC1C(=O)N(Cc1ccc(C(=O)NC2CC(C(=O)N=C3CCCc4ccccc43)N(C(=O)C(NC(=O)[C@H](C)N(C)C(=O)OC(C)(C)C)C(C)(C)C)C2)cc1)[C@H](C)c1ccccc1F. The minimum atomic E-state index is -1.21. The number of aliphatic imine (C=N–C) groups is 1. The molecular weight excluding hydrogens is 1210 g/mol. The second kappa shape index (κ2) is 29.4. The number of carbonyl (C=O) groups excluding carboxylic acids is 9. The highest BCUT2D eigenvalue weighted by Gasteiger charge is 2.48. The number of likely N-dealkylation sites (N-methyl/N-ethyl adjacent to an activating group) is 2. The van der Waals surface area contributed by atoms with Gasteiger partial charge >= 0.3 is 12.2 Å². The number of halogens is 1. The molecule has 4 aromatic carbocycles. The van der Waals surface area contributed by atoms with Gasteiger partial charge in [-0.2, -0.15) is 11.8 Å². The number of aryl methyl sites for hydroxylation is 1. The Bertz CT molecular complexity index is 3480. The van der Waals surface area contributed by atoms with E-state index in [0.717, 1.165) is 44.9 Å². The molecule has 20 nitrogen and oxygen atoms in total. The molecule has 7 rings (SSSR count). The first kappa shape index (κ1) is 72.3. The Morgan fingerprint density at radius 1 is 0.656 bits per heavy atom. The van der Waals surface area contributed by atoms with Gasteiger partial charge in [-0.25, -0.2) is 19.0 Å². The zero-order valence-electron chi connectivity index (χ0n) is 57.0. The van der Waals surface area contributed by atoms with Gasteiger partial charge in [-0.15, -0.1) is 0 Å². The van der Waals surface area contributed by atoms with Crippen molar-refractivity contribution in [3.05, 3.63) is 142 Å². The van der Waals surface area contributed by atoms with E-state index >= 15 is 18.8 Å². The Hall–Kier alpha value is -8.14. The van der Waals surface area contributed by atoms with E-state index in [1.807, 2.05) is 68.6 Å². The van der Waals surface area contributed by atoms with Crippen LogP contribution in [0.1, 0.15) is 166 Å². The first-order valence-corrected chi connectivity index (χ1v) is 33.0. The van der Waals surface area contributed by atoms with Gasteiger partial charge in [0.15, 0.2) is 0 Å². The van der Waals surface area contributed by atoms with E-state index in [9.17, 15) is 28.8 Å². The Labute approximate surface area is 551 Å².